The largest absolute Gasteiger partial charge is 0.467 e. The molecular formula is C21H17ClN2O4S2. The first-order chi connectivity index (χ1) is 14.3. The number of aromatic nitrogens is 1. The SMILES string of the molecule is Cc1ccc(Cl)c2sc(N(Cc3ccco3)C(=O)c3ccccc3S(C)(=O)=O)nc12. The molecule has 154 valence electrons. The zero-order valence-corrected chi connectivity index (χ0v) is 18.5. The number of rotatable bonds is 5. The van der Waals surface area contributed by atoms with Crippen LogP contribution in [0.5, 0.6) is 0 Å². The highest BCUT2D eigenvalue weighted by Crippen LogP contribution is 2.37. The van der Waals surface area contributed by atoms with Gasteiger partial charge in [-0.2, -0.15) is 0 Å². The monoisotopic (exact) mass is 460 g/mol. The van der Waals surface area contributed by atoms with Gasteiger partial charge in [0.1, 0.15) is 5.76 Å². The minimum absolute atomic E-state index is 0.0326. The Morgan fingerprint density at radius 1 is 1.17 bits per heavy atom. The van der Waals surface area contributed by atoms with E-state index in [0.29, 0.717) is 21.4 Å². The Morgan fingerprint density at radius 3 is 2.60 bits per heavy atom. The fourth-order valence-corrected chi connectivity index (χ4v) is 5.30. The number of hydrogen-bond donors (Lipinski definition) is 0. The summed E-state index contributed by atoms with van der Waals surface area (Å²) in [6.45, 7) is 2.01. The molecule has 0 bridgehead atoms. The maximum atomic E-state index is 13.5. The molecule has 4 rings (SSSR count). The highest BCUT2D eigenvalue weighted by Gasteiger charge is 2.27. The van der Waals surface area contributed by atoms with Crippen LogP contribution in [0.15, 0.2) is 64.1 Å². The van der Waals surface area contributed by atoms with Gasteiger partial charge in [0, 0.05) is 6.26 Å². The van der Waals surface area contributed by atoms with Crippen LogP contribution in [-0.2, 0) is 16.4 Å². The minimum Gasteiger partial charge on any atom is -0.467 e. The van der Waals surface area contributed by atoms with Crippen molar-refractivity contribution in [1.82, 2.24) is 4.98 Å². The number of nitrogens with zero attached hydrogens (tertiary/aromatic N) is 2. The number of amides is 1. The van der Waals surface area contributed by atoms with Gasteiger partial charge in [0.2, 0.25) is 0 Å². The Balaban J connectivity index is 1.87. The van der Waals surface area contributed by atoms with E-state index in [1.54, 1.807) is 30.3 Å². The van der Waals surface area contributed by atoms with Crippen molar-refractivity contribution in [2.24, 2.45) is 0 Å². The van der Waals surface area contributed by atoms with Crippen LogP contribution in [-0.4, -0.2) is 25.6 Å². The van der Waals surface area contributed by atoms with E-state index in [-0.39, 0.29) is 17.0 Å². The second kappa shape index (κ2) is 7.86. The molecule has 9 heteroatoms. The Kier molecular flexibility index (Phi) is 5.40. The summed E-state index contributed by atoms with van der Waals surface area (Å²) >= 11 is 7.62. The quantitative estimate of drug-likeness (QED) is 0.413. The van der Waals surface area contributed by atoms with E-state index in [1.807, 2.05) is 13.0 Å². The lowest BCUT2D eigenvalue weighted by Gasteiger charge is -2.20. The highest BCUT2D eigenvalue weighted by molar-refractivity contribution is 7.90. The van der Waals surface area contributed by atoms with Gasteiger partial charge in [-0.3, -0.25) is 9.69 Å². The number of anilines is 1. The molecule has 2 aromatic heterocycles. The normalized spacial score (nSPS) is 11.7. The van der Waals surface area contributed by atoms with Crippen molar-refractivity contribution in [3.63, 3.8) is 0 Å². The average Bonchev–Trinajstić information content (AvgIpc) is 3.38. The van der Waals surface area contributed by atoms with Crippen LogP contribution in [0, 0.1) is 6.92 Å². The van der Waals surface area contributed by atoms with E-state index >= 15 is 0 Å². The molecule has 0 radical (unpaired) electrons. The molecule has 4 aromatic rings. The summed E-state index contributed by atoms with van der Waals surface area (Å²) in [5, 5.41) is 0.951. The van der Waals surface area contributed by atoms with E-state index in [4.69, 9.17) is 16.0 Å². The molecule has 1 amide bonds. The number of thiazole rings is 1. The third kappa shape index (κ3) is 3.86. The molecule has 6 nitrogen and oxygen atoms in total. The molecule has 0 aliphatic rings. The molecule has 0 saturated heterocycles. The second-order valence-electron chi connectivity index (χ2n) is 6.78. The molecule has 0 atom stereocenters. The number of aryl methyl sites for hydroxylation is 1. The molecule has 0 unspecified atom stereocenters. The topological polar surface area (TPSA) is 80.5 Å². The molecule has 2 heterocycles. The average molecular weight is 461 g/mol. The van der Waals surface area contributed by atoms with Gasteiger partial charge < -0.3 is 4.42 Å². The predicted octanol–water partition coefficient (Wildman–Crippen LogP) is 5.10. The van der Waals surface area contributed by atoms with Crippen molar-refractivity contribution in [2.75, 3.05) is 11.2 Å². The van der Waals surface area contributed by atoms with E-state index in [1.165, 1.54) is 34.6 Å². The molecular weight excluding hydrogens is 444 g/mol. The first kappa shape index (κ1) is 20.6. The third-order valence-electron chi connectivity index (χ3n) is 4.57. The van der Waals surface area contributed by atoms with E-state index < -0.39 is 15.7 Å². The van der Waals surface area contributed by atoms with Crippen molar-refractivity contribution in [1.29, 1.82) is 0 Å². The van der Waals surface area contributed by atoms with Crippen LogP contribution < -0.4 is 4.90 Å². The molecule has 0 spiro atoms. The molecule has 0 saturated carbocycles. The van der Waals surface area contributed by atoms with E-state index in [2.05, 4.69) is 4.98 Å². The van der Waals surface area contributed by atoms with Gasteiger partial charge >= 0.3 is 0 Å². The zero-order chi connectivity index (χ0) is 21.5. The van der Waals surface area contributed by atoms with Gasteiger partial charge in [-0.15, -0.1) is 0 Å². The van der Waals surface area contributed by atoms with Gasteiger partial charge in [-0.1, -0.05) is 41.1 Å². The Morgan fingerprint density at radius 2 is 1.93 bits per heavy atom. The highest BCUT2D eigenvalue weighted by atomic mass is 35.5. The number of hydrogen-bond acceptors (Lipinski definition) is 6. The summed E-state index contributed by atoms with van der Waals surface area (Å²) in [5.41, 5.74) is 1.71. The second-order valence-corrected chi connectivity index (χ2v) is 10.1. The van der Waals surface area contributed by atoms with Crippen molar-refractivity contribution < 1.29 is 17.6 Å². The number of fused-ring (bicyclic) bond motifs is 1. The predicted molar refractivity (Wildman–Crippen MR) is 118 cm³/mol. The summed E-state index contributed by atoms with van der Waals surface area (Å²) in [5.74, 6) is 0.0579. The van der Waals surface area contributed by atoms with E-state index in [0.717, 1.165) is 16.5 Å². The first-order valence-electron chi connectivity index (χ1n) is 8.94. The van der Waals surface area contributed by atoms with E-state index in [9.17, 15) is 13.2 Å². The zero-order valence-electron chi connectivity index (χ0n) is 16.1. The third-order valence-corrected chi connectivity index (χ3v) is 7.27. The number of carbonyl (C=O) groups excluding carboxylic acids is 1. The molecule has 0 N–H and O–H groups in total. The number of sulfone groups is 1. The van der Waals surface area contributed by atoms with Gasteiger partial charge in [0.25, 0.3) is 5.91 Å². The molecule has 2 aromatic carbocycles. The number of carbonyl (C=O) groups is 1. The van der Waals surface area contributed by atoms with Crippen LogP contribution >= 0.6 is 22.9 Å². The summed E-state index contributed by atoms with van der Waals surface area (Å²) < 4.78 is 30.7. The van der Waals surface area contributed by atoms with Gasteiger partial charge in [0.05, 0.1) is 38.5 Å². The first-order valence-corrected chi connectivity index (χ1v) is 12.0. The van der Waals surface area contributed by atoms with Crippen LogP contribution in [0.3, 0.4) is 0 Å². The Hall–Kier alpha value is -2.68. The lowest BCUT2D eigenvalue weighted by atomic mass is 10.2. The molecule has 0 aliphatic heterocycles. The molecule has 0 fully saturated rings. The smallest absolute Gasteiger partial charge is 0.261 e. The Labute approximate surface area is 182 Å². The van der Waals surface area contributed by atoms with Crippen molar-refractivity contribution in [3.05, 3.63) is 76.7 Å². The van der Waals surface area contributed by atoms with Crippen LogP contribution in [0.2, 0.25) is 5.02 Å². The summed E-state index contributed by atoms with van der Waals surface area (Å²) in [6, 6.07) is 13.3. The van der Waals surface area contributed by atoms with Gasteiger partial charge in [-0.25, -0.2) is 13.4 Å². The Bertz CT molecular complexity index is 1310. The maximum absolute atomic E-state index is 13.5. The number of furan rings is 1. The maximum Gasteiger partial charge on any atom is 0.261 e. The van der Waals surface area contributed by atoms with Crippen LogP contribution in [0.4, 0.5) is 5.13 Å². The lowest BCUT2D eigenvalue weighted by Crippen LogP contribution is -2.31. The summed E-state index contributed by atoms with van der Waals surface area (Å²) in [7, 11) is -3.60. The van der Waals surface area contributed by atoms with Gasteiger partial charge in [0.15, 0.2) is 15.0 Å². The standard InChI is InChI=1S/C21H17ClN2O4S2/c1-13-9-10-16(22)19-18(13)23-21(29-19)24(12-14-6-5-11-28-14)20(25)15-7-3-4-8-17(15)30(2,26)27/h3-11H,12H2,1-2H3. The van der Waals surface area contributed by atoms with Crippen molar-refractivity contribution in [3.8, 4) is 0 Å². The van der Waals surface area contributed by atoms with Crippen molar-refractivity contribution in [2.45, 2.75) is 18.4 Å². The minimum atomic E-state index is -3.60. The van der Waals surface area contributed by atoms with Crippen LogP contribution in [0.25, 0.3) is 10.2 Å². The fraction of sp³-hybridized carbons (Fsp3) is 0.143. The number of benzene rings is 2. The van der Waals surface area contributed by atoms with Gasteiger partial charge in [-0.05, 0) is 42.8 Å². The summed E-state index contributed by atoms with van der Waals surface area (Å²) in [4.78, 5) is 19.6. The van der Waals surface area contributed by atoms with Crippen LogP contribution in [0.1, 0.15) is 21.7 Å². The lowest BCUT2D eigenvalue weighted by molar-refractivity contribution is 0.0980. The fourth-order valence-electron chi connectivity index (χ4n) is 3.10. The molecule has 0 aliphatic carbocycles. The van der Waals surface area contributed by atoms with Crippen molar-refractivity contribution >= 4 is 54.0 Å². The number of halogens is 1. The summed E-state index contributed by atoms with van der Waals surface area (Å²) in [6.07, 6.45) is 2.60. The molecule has 30 heavy (non-hydrogen) atoms.